The first-order valence-corrected chi connectivity index (χ1v) is 6.79. The molecule has 1 aliphatic heterocycles. The Bertz CT molecular complexity index is 261. The summed E-state index contributed by atoms with van der Waals surface area (Å²) in [5, 5.41) is 9.98. The van der Waals surface area contributed by atoms with Crippen LogP contribution in [0.15, 0.2) is 0 Å². The summed E-state index contributed by atoms with van der Waals surface area (Å²) in [5.41, 5.74) is -0.0469. The summed E-state index contributed by atoms with van der Waals surface area (Å²) in [5.74, 6) is 0.869. The minimum atomic E-state index is -0.384. The van der Waals surface area contributed by atoms with E-state index in [4.69, 9.17) is 0 Å². The molecule has 1 unspecified atom stereocenters. The lowest BCUT2D eigenvalue weighted by Gasteiger charge is -2.41. The molecule has 1 heterocycles. The number of likely N-dealkylation sites (tertiary alicyclic amines) is 1. The van der Waals surface area contributed by atoms with Crippen molar-refractivity contribution in [2.24, 2.45) is 11.3 Å². The molecule has 0 saturated carbocycles. The van der Waals surface area contributed by atoms with Crippen LogP contribution in [0, 0.1) is 11.3 Å². The van der Waals surface area contributed by atoms with Crippen LogP contribution in [0.5, 0.6) is 0 Å². The first-order chi connectivity index (χ1) is 7.83. The number of carbonyl (C=O) groups excluding carboxylic acids is 1. The largest absolute Gasteiger partial charge is 0.391 e. The Hall–Kier alpha value is -0.570. The third-order valence-electron chi connectivity index (χ3n) is 3.85. The minimum Gasteiger partial charge on any atom is -0.391 e. The Morgan fingerprint density at radius 3 is 2.65 bits per heavy atom. The average molecular weight is 241 g/mol. The number of β-amino-alcohol motifs (C(OH)–C–C–N with tert-alkyl or cyclic N) is 1. The Kier molecular flexibility index (Phi) is 4.99. The van der Waals surface area contributed by atoms with E-state index in [0.717, 1.165) is 25.8 Å². The number of amides is 1. The molecule has 0 aromatic rings. The number of aliphatic hydroxyl groups is 1. The molecular formula is C14H27NO2. The molecule has 0 radical (unpaired) electrons. The van der Waals surface area contributed by atoms with E-state index in [2.05, 4.69) is 27.7 Å². The van der Waals surface area contributed by atoms with E-state index < -0.39 is 0 Å². The van der Waals surface area contributed by atoms with Crippen LogP contribution in [0.1, 0.15) is 53.4 Å². The molecular weight excluding hydrogens is 214 g/mol. The molecule has 1 fully saturated rings. The predicted molar refractivity (Wildman–Crippen MR) is 69.7 cm³/mol. The van der Waals surface area contributed by atoms with E-state index in [9.17, 15) is 9.90 Å². The normalized spacial score (nSPS) is 24.1. The van der Waals surface area contributed by atoms with Gasteiger partial charge in [-0.05, 0) is 24.2 Å². The fourth-order valence-corrected chi connectivity index (χ4v) is 2.18. The monoisotopic (exact) mass is 241 g/mol. The van der Waals surface area contributed by atoms with Crippen LogP contribution in [-0.2, 0) is 4.79 Å². The zero-order valence-electron chi connectivity index (χ0n) is 11.7. The summed E-state index contributed by atoms with van der Waals surface area (Å²) >= 11 is 0. The molecule has 3 nitrogen and oxygen atoms in total. The SMILES string of the molecule is CC(C)CCCC(=O)N1CCC(C)(C)C(O)C1. The molecule has 0 bridgehead atoms. The van der Waals surface area contributed by atoms with Crippen molar-refractivity contribution in [3.63, 3.8) is 0 Å². The third-order valence-corrected chi connectivity index (χ3v) is 3.85. The van der Waals surface area contributed by atoms with Gasteiger partial charge in [0.1, 0.15) is 0 Å². The maximum atomic E-state index is 12.0. The van der Waals surface area contributed by atoms with Crippen molar-refractivity contribution in [3.8, 4) is 0 Å². The van der Waals surface area contributed by atoms with Crippen molar-refractivity contribution in [3.05, 3.63) is 0 Å². The summed E-state index contributed by atoms with van der Waals surface area (Å²) in [6.45, 7) is 9.80. The lowest BCUT2D eigenvalue weighted by atomic mass is 9.80. The van der Waals surface area contributed by atoms with Gasteiger partial charge in [0.15, 0.2) is 0 Å². The van der Waals surface area contributed by atoms with Crippen LogP contribution in [0.3, 0.4) is 0 Å². The van der Waals surface area contributed by atoms with Crippen LogP contribution in [0.2, 0.25) is 0 Å². The Morgan fingerprint density at radius 2 is 2.12 bits per heavy atom. The first kappa shape index (κ1) is 14.5. The molecule has 17 heavy (non-hydrogen) atoms. The van der Waals surface area contributed by atoms with Gasteiger partial charge in [-0.2, -0.15) is 0 Å². The number of nitrogens with zero attached hydrogens (tertiary/aromatic N) is 1. The fourth-order valence-electron chi connectivity index (χ4n) is 2.18. The predicted octanol–water partition coefficient (Wildman–Crippen LogP) is 2.43. The van der Waals surface area contributed by atoms with Gasteiger partial charge < -0.3 is 10.0 Å². The van der Waals surface area contributed by atoms with Crippen molar-refractivity contribution >= 4 is 5.91 Å². The molecule has 0 spiro atoms. The molecule has 1 aliphatic rings. The number of carbonyl (C=O) groups is 1. The standard InChI is InChI=1S/C14H27NO2/c1-11(2)6-5-7-13(17)15-9-8-14(3,4)12(16)10-15/h11-12,16H,5-10H2,1-4H3. The molecule has 1 rings (SSSR count). The maximum Gasteiger partial charge on any atom is 0.222 e. The van der Waals surface area contributed by atoms with Gasteiger partial charge in [0, 0.05) is 19.5 Å². The van der Waals surface area contributed by atoms with Gasteiger partial charge in [-0.15, -0.1) is 0 Å². The van der Waals surface area contributed by atoms with Gasteiger partial charge in [-0.3, -0.25) is 4.79 Å². The van der Waals surface area contributed by atoms with Gasteiger partial charge in [-0.25, -0.2) is 0 Å². The number of piperidine rings is 1. The Morgan fingerprint density at radius 1 is 1.47 bits per heavy atom. The van der Waals surface area contributed by atoms with Crippen LogP contribution in [0.25, 0.3) is 0 Å². The van der Waals surface area contributed by atoms with E-state index in [1.54, 1.807) is 0 Å². The lowest BCUT2D eigenvalue weighted by molar-refractivity contribution is -0.138. The van der Waals surface area contributed by atoms with Crippen molar-refractivity contribution < 1.29 is 9.90 Å². The zero-order chi connectivity index (χ0) is 13.1. The second-order valence-corrected chi connectivity index (χ2v) is 6.38. The molecule has 1 atom stereocenters. The van der Waals surface area contributed by atoms with E-state index in [-0.39, 0.29) is 17.4 Å². The molecule has 100 valence electrons. The van der Waals surface area contributed by atoms with E-state index >= 15 is 0 Å². The molecule has 1 N–H and O–H groups in total. The van der Waals surface area contributed by atoms with Crippen LogP contribution >= 0.6 is 0 Å². The van der Waals surface area contributed by atoms with E-state index in [1.165, 1.54) is 0 Å². The molecule has 1 amide bonds. The molecule has 3 heteroatoms. The van der Waals surface area contributed by atoms with Gasteiger partial charge >= 0.3 is 0 Å². The Labute approximate surface area is 105 Å². The highest BCUT2D eigenvalue weighted by Gasteiger charge is 2.35. The first-order valence-electron chi connectivity index (χ1n) is 6.79. The number of rotatable bonds is 4. The molecule has 0 aromatic heterocycles. The third kappa shape index (κ3) is 4.30. The maximum absolute atomic E-state index is 12.0. The average Bonchev–Trinajstić information content (AvgIpc) is 2.21. The number of hydrogen-bond acceptors (Lipinski definition) is 2. The highest BCUT2D eigenvalue weighted by molar-refractivity contribution is 5.76. The Balaban J connectivity index is 2.34. The van der Waals surface area contributed by atoms with Gasteiger partial charge in [0.25, 0.3) is 0 Å². The lowest BCUT2D eigenvalue weighted by Crippen LogP contribution is -2.50. The van der Waals surface area contributed by atoms with Crippen molar-refractivity contribution in [1.29, 1.82) is 0 Å². The van der Waals surface area contributed by atoms with E-state index in [1.807, 2.05) is 4.90 Å². The van der Waals surface area contributed by atoms with Crippen LogP contribution in [-0.4, -0.2) is 35.1 Å². The molecule has 0 aliphatic carbocycles. The van der Waals surface area contributed by atoms with Crippen molar-refractivity contribution in [2.75, 3.05) is 13.1 Å². The van der Waals surface area contributed by atoms with Gasteiger partial charge in [-0.1, -0.05) is 34.1 Å². The molecule has 1 saturated heterocycles. The molecule has 0 aromatic carbocycles. The quantitative estimate of drug-likeness (QED) is 0.821. The summed E-state index contributed by atoms with van der Waals surface area (Å²) in [6.07, 6.45) is 3.21. The highest BCUT2D eigenvalue weighted by Crippen LogP contribution is 2.30. The van der Waals surface area contributed by atoms with Crippen LogP contribution in [0.4, 0.5) is 0 Å². The zero-order valence-corrected chi connectivity index (χ0v) is 11.7. The summed E-state index contributed by atoms with van der Waals surface area (Å²) < 4.78 is 0. The summed E-state index contributed by atoms with van der Waals surface area (Å²) in [6, 6.07) is 0. The minimum absolute atomic E-state index is 0.0469. The summed E-state index contributed by atoms with van der Waals surface area (Å²) in [4.78, 5) is 13.8. The van der Waals surface area contributed by atoms with Gasteiger partial charge in [0.2, 0.25) is 5.91 Å². The number of hydrogen-bond donors (Lipinski definition) is 1. The fraction of sp³-hybridized carbons (Fsp3) is 0.929. The highest BCUT2D eigenvalue weighted by atomic mass is 16.3. The summed E-state index contributed by atoms with van der Waals surface area (Å²) in [7, 11) is 0. The van der Waals surface area contributed by atoms with Crippen molar-refractivity contribution in [2.45, 2.75) is 59.5 Å². The topological polar surface area (TPSA) is 40.5 Å². The van der Waals surface area contributed by atoms with Crippen LogP contribution < -0.4 is 0 Å². The smallest absolute Gasteiger partial charge is 0.222 e. The van der Waals surface area contributed by atoms with E-state index in [0.29, 0.717) is 18.9 Å². The second-order valence-electron chi connectivity index (χ2n) is 6.38. The van der Waals surface area contributed by atoms with Gasteiger partial charge in [0.05, 0.1) is 6.10 Å². The number of aliphatic hydroxyl groups excluding tert-OH is 1. The van der Waals surface area contributed by atoms with Crippen molar-refractivity contribution in [1.82, 2.24) is 4.90 Å². The second kappa shape index (κ2) is 5.85.